The molecule has 1 aliphatic heterocycles. The lowest BCUT2D eigenvalue weighted by Gasteiger charge is -2.40. The summed E-state index contributed by atoms with van der Waals surface area (Å²) in [5.74, 6) is -1.86. The molecule has 1 saturated heterocycles. The molecule has 0 spiro atoms. The number of hydrogen-bond acceptors (Lipinski definition) is 5. The highest BCUT2D eigenvalue weighted by Crippen LogP contribution is 2.37. The number of benzene rings is 1. The molecular weight excluding hydrogens is 395 g/mol. The molecule has 2 aliphatic rings. The number of carbonyl (C=O) groups is 1. The van der Waals surface area contributed by atoms with Crippen molar-refractivity contribution in [2.45, 2.75) is 37.5 Å². The summed E-state index contributed by atoms with van der Waals surface area (Å²) in [6.07, 6.45) is -1.28. The van der Waals surface area contributed by atoms with E-state index in [0.29, 0.717) is 22.2 Å². The number of piperidine rings is 1. The van der Waals surface area contributed by atoms with Crippen molar-refractivity contribution in [3.63, 3.8) is 0 Å². The van der Waals surface area contributed by atoms with Crippen molar-refractivity contribution >= 4 is 22.5 Å². The first-order valence-electron chi connectivity index (χ1n) is 9.93. The summed E-state index contributed by atoms with van der Waals surface area (Å²) in [5, 5.41) is 12.7. The zero-order valence-electron chi connectivity index (χ0n) is 16.2. The second-order valence-electron chi connectivity index (χ2n) is 8.09. The Morgan fingerprint density at radius 3 is 2.73 bits per heavy atom. The maximum Gasteiger partial charge on any atom is 0.393 e. The van der Waals surface area contributed by atoms with E-state index < -0.39 is 30.1 Å². The summed E-state index contributed by atoms with van der Waals surface area (Å²) in [6.45, 7) is 0.00600. The summed E-state index contributed by atoms with van der Waals surface area (Å²) < 4.78 is 41.0. The Balaban J connectivity index is 1.64. The number of fused-ring (bicyclic) bond motifs is 1. The van der Waals surface area contributed by atoms with Gasteiger partial charge in [-0.05, 0) is 49.4 Å². The SMILES string of the molecule is N#Cc1ccc(N2C[C@H](NC(=O)C(N)C3CC3)C[C@H](C(F)(F)F)C2)c2cccnc12. The molecule has 3 atom stereocenters. The largest absolute Gasteiger partial charge is 0.393 e. The molecule has 4 rings (SSSR count). The third-order valence-electron chi connectivity index (χ3n) is 5.90. The average molecular weight is 417 g/mol. The van der Waals surface area contributed by atoms with Crippen molar-refractivity contribution in [2.24, 2.45) is 17.6 Å². The summed E-state index contributed by atoms with van der Waals surface area (Å²) in [5.41, 5.74) is 7.30. The molecule has 9 heteroatoms. The Morgan fingerprint density at radius 2 is 2.07 bits per heavy atom. The fourth-order valence-corrected chi connectivity index (χ4v) is 4.13. The molecule has 2 heterocycles. The molecular formula is C21H22F3N5O. The highest BCUT2D eigenvalue weighted by Gasteiger charge is 2.45. The van der Waals surface area contributed by atoms with Crippen LogP contribution in [0.3, 0.4) is 0 Å². The van der Waals surface area contributed by atoms with Gasteiger partial charge >= 0.3 is 6.18 Å². The Labute approximate surface area is 171 Å². The van der Waals surface area contributed by atoms with E-state index in [4.69, 9.17) is 5.73 Å². The number of alkyl halides is 3. The van der Waals surface area contributed by atoms with E-state index in [1.54, 1.807) is 35.4 Å². The molecule has 0 radical (unpaired) electrons. The quantitative estimate of drug-likeness (QED) is 0.798. The van der Waals surface area contributed by atoms with Gasteiger partial charge in [-0.15, -0.1) is 0 Å². The number of nitrogens with one attached hydrogen (secondary N) is 1. The van der Waals surface area contributed by atoms with E-state index in [2.05, 4.69) is 16.4 Å². The lowest BCUT2D eigenvalue weighted by Crippen LogP contribution is -2.56. The molecule has 2 fully saturated rings. The average Bonchev–Trinajstić information content (AvgIpc) is 3.56. The van der Waals surface area contributed by atoms with Crippen molar-refractivity contribution in [2.75, 3.05) is 18.0 Å². The molecule has 1 aromatic carbocycles. The Kier molecular flexibility index (Phi) is 5.28. The molecule has 1 aromatic heterocycles. The van der Waals surface area contributed by atoms with Crippen molar-refractivity contribution in [1.82, 2.24) is 10.3 Å². The molecule has 1 amide bonds. The van der Waals surface area contributed by atoms with Crippen LogP contribution in [0.4, 0.5) is 18.9 Å². The lowest BCUT2D eigenvalue weighted by molar-refractivity contribution is -0.178. The van der Waals surface area contributed by atoms with E-state index in [9.17, 15) is 23.2 Å². The van der Waals surface area contributed by atoms with E-state index in [1.165, 1.54) is 0 Å². The smallest absolute Gasteiger partial charge is 0.368 e. The van der Waals surface area contributed by atoms with E-state index >= 15 is 0 Å². The van der Waals surface area contributed by atoms with Gasteiger partial charge in [0.1, 0.15) is 6.07 Å². The van der Waals surface area contributed by atoms with Crippen LogP contribution >= 0.6 is 0 Å². The number of pyridine rings is 1. The fraction of sp³-hybridized carbons (Fsp3) is 0.476. The van der Waals surface area contributed by atoms with Crippen LogP contribution in [-0.4, -0.2) is 42.2 Å². The summed E-state index contributed by atoms with van der Waals surface area (Å²) in [4.78, 5) is 18.3. The minimum absolute atomic E-state index is 0.122. The van der Waals surface area contributed by atoms with Gasteiger partial charge in [0.25, 0.3) is 0 Å². The van der Waals surface area contributed by atoms with Crippen molar-refractivity contribution in [1.29, 1.82) is 5.26 Å². The molecule has 158 valence electrons. The highest BCUT2D eigenvalue weighted by molar-refractivity contribution is 5.95. The number of nitrogens with zero attached hydrogens (tertiary/aromatic N) is 3. The van der Waals surface area contributed by atoms with Crippen molar-refractivity contribution < 1.29 is 18.0 Å². The lowest BCUT2D eigenvalue weighted by atomic mass is 9.92. The molecule has 1 saturated carbocycles. The Hall–Kier alpha value is -2.86. The summed E-state index contributed by atoms with van der Waals surface area (Å²) >= 11 is 0. The first kappa shape index (κ1) is 20.4. The van der Waals surface area contributed by atoms with Crippen LogP contribution in [0, 0.1) is 23.2 Å². The summed E-state index contributed by atoms with van der Waals surface area (Å²) in [6, 6.07) is 7.36. The second-order valence-corrected chi connectivity index (χ2v) is 8.09. The van der Waals surface area contributed by atoms with Gasteiger partial charge in [-0.3, -0.25) is 9.78 Å². The number of amides is 1. The molecule has 1 aliphatic carbocycles. The Bertz CT molecular complexity index is 998. The van der Waals surface area contributed by atoms with Crippen LogP contribution in [0.1, 0.15) is 24.8 Å². The van der Waals surface area contributed by atoms with Gasteiger partial charge in [-0.25, -0.2) is 0 Å². The predicted molar refractivity (Wildman–Crippen MR) is 105 cm³/mol. The maximum atomic E-state index is 13.7. The standard InChI is InChI=1S/C21H22F3N5O/c22-21(23,24)14-8-15(28-20(30)18(26)12-3-4-12)11-29(10-14)17-6-5-13(9-25)19-16(17)2-1-7-27-19/h1-2,5-7,12,14-15,18H,3-4,8,10-11,26H2,(H,28,30)/t14-,15+,18?/m0/s1. The van der Waals surface area contributed by atoms with E-state index in [-0.39, 0.29) is 25.4 Å². The van der Waals surface area contributed by atoms with Crippen molar-refractivity contribution in [3.05, 3.63) is 36.0 Å². The number of anilines is 1. The van der Waals surface area contributed by atoms with Crippen molar-refractivity contribution in [3.8, 4) is 6.07 Å². The van der Waals surface area contributed by atoms with Gasteiger partial charge in [0.2, 0.25) is 5.91 Å². The number of carbonyl (C=O) groups excluding carboxylic acids is 1. The minimum Gasteiger partial charge on any atom is -0.368 e. The number of halogens is 3. The fourth-order valence-electron chi connectivity index (χ4n) is 4.13. The van der Waals surface area contributed by atoms with Crippen LogP contribution in [0.2, 0.25) is 0 Å². The van der Waals surface area contributed by atoms with Crippen LogP contribution in [-0.2, 0) is 4.79 Å². The molecule has 1 unspecified atom stereocenters. The van der Waals surface area contributed by atoms with E-state index in [0.717, 1.165) is 12.8 Å². The first-order chi connectivity index (χ1) is 14.3. The molecule has 30 heavy (non-hydrogen) atoms. The van der Waals surface area contributed by atoms with Crippen LogP contribution in [0.5, 0.6) is 0 Å². The molecule has 3 N–H and O–H groups in total. The van der Waals surface area contributed by atoms with E-state index in [1.807, 2.05) is 0 Å². The van der Waals surface area contributed by atoms with Gasteiger partial charge in [0, 0.05) is 36.4 Å². The van der Waals surface area contributed by atoms with Crippen LogP contribution in [0.15, 0.2) is 30.5 Å². The van der Waals surface area contributed by atoms with Gasteiger partial charge < -0.3 is 16.0 Å². The normalized spacial score (nSPS) is 23.1. The molecule has 0 bridgehead atoms. The van der Waals surface area contributed by atoms with Gasteiger partial charge in [0.15, 0.2) is 0 Å². The zero-order valence-corrected chi connectivity index (χ0v) is 16.2. The third kappa shape index (κ3) is 4.05. The van der Waals surface area contributed by atoms with Crippen LogP contribution in [0.25, 0.3) is 10.9 Å². The molecule has 2 aromatic rings. The number of rotatable bonds is 4. The third-order valence-corrected chi connectivity index (χ3v) is 5.90. The monoisotopic (exact) mass is 417 g/mol. The number of nitriles is 1. The number of nitrogens with two attached hydrogens (primary N) is 1. The van der Waals surface area contributed by atoms with Gasteiger partial charge in [-0.2, -0.15) is 18.4 Å². The Morgan fingerprint density at radius 1 is 1.30 bits per heavy atom. The second kappa shape index (κ2) is 7.76. The van der Waals surface area contributed by atoms with Gasteiger partial charge in [0.05, 0.1) is 23.0 Å². The molecule has 6 nitrogen and oxygen atoms in total. The number of hydrogen-bond donors (Lipinski definition) is 2. The number of aromatic nitrogens is 1. The first-order valence-corrected chi connectivity index (χ1v) is 9.93. The van der Waals surface area contributed by atoms with Crippen LogP contribution < -0.4 is 16.0 Å². The predicted octanol–water partition coefficient (Wildman–Crippen LogP) is 2.72. The maximum absolute atomic E-state index is 13.7. The van der Waals surface area contributed by atoms with Gasteiger partial charge in [-0.1, -0.05) is 0 Å². The minimum atomic E-state index is -4.39. The highest BCUT2D eigenvalue weighted by atomic mass is 19.4. The zero-order chi connectivity index (χ0) is 21.5. The topological polar surface area (TPSA) is 95.0 Å². The summed E-state index contributed by atoms with van der Waals surface area (Å²) in [7, 11) is 0.